The Balaban J connectivity index is 2.34. The molecule has 1 amide bonds. The van der Waals surface area contributed by atoms with E-state index in [-0.39, 0.29) is 17.7 Å². The molecule has 0 saturated heterocycles. The number of hydrogen-bond donors (Lipinski definition) is 3. The van der Waals surface area contributed by atoms with Crippen molar-refractivity contribution in [1.82, 2.24) is 10.6 Å². The second kappa shape index (κ2) is 7.01. The lowest BCUT2D eigenvalue weighted by molar-refractivity contribution is -0.120. The van der Waals surface area contributed by atoms with Crippen LogP contribution >= 0.6 is 0 Å². The van der Waals surface area contributed by atoms with Gasteiger partial charge in [-0.2, -0.15) is 0 Å². The zero-order valence-corrected chi connectivity index (χ0v) is 11.2. The van der Waals surface area contributed by atoms with Crippen molar-refractivity contribution in [3.8, 4) is 5.75 Å². The molecular formula is C14H22N2O2. The van der Waals surface area contributed by atoms with Crippen LogP contribution in [0.1, 0.15) is 32.4 Å². The van der Waals surface area contributed by atoms with Crippen LogP contribution in [0.3, 0.4) is 0 Å². The highest BCUT2D eigenvalue weighted by atomic mass is 16.3. The molecule has 0 heterocycles. The smallest absolute Gasteiger partial charge is 0.233 e. The van der Waals surface area contributed by atoms with Crippen LogP contribution in [-0.2, 0) is 4.79 Å². The van der Waals surface area contributed by atoms with Crippen molar-refractivity contribution >= 4 is 5.91 Å². The summed E-state index contributed by atoms with van der Waals surface area (Å²) < 4.78 is 0. The van der Waals surface area contributed by atoms with Crippen molar-refractivity contribution in [3.05, 3.63) is 29.8 Å². The first-order chi connectivity index (χ1) is 8.49. The second-order valence-corrected chi connectivity index (χ2v) is 4.89. The molecule has 4 heteroatoms. The summed E-state index contributed by atoms with van der Waals surface area (Å²) in [5.74, 6) is 0.721. The Bertz CT molecular complexity index is 374. The average Bonchev–Trinajstić information content (AvgIpc) is 2.34. The molecule has 1 aromatic rings. The maximum Gasteiger partial charge on any atom is 0.233 e. The van der Waals surface area contributed by atoms with Gasteiger partial charge in [-0.3, -0.25) is 4.79 Å². The van der Waals surface area contributed by atoms with E-state index in [1.807, 2.05) is 19.1 Å². The van der Waals surface area contributed by atoms with Gasteiger partial charge in [0, 0.05) is 12.6 Å². The van der Waals surface area contributed by atoms with Gasteiger partial charge in [-0.25, -0.2) is 0 Å². The molecule has 0 aliphatic heterocycles. The Morgan fingerprint density at radius 1 is 1.22 bits per heavy atom. The van der Waals surface area contributed by atoms with Gasteiger partial charge >= 0.3 is 0 Å². The first-order valence-corrected chi connectivity index (χ1v) is 6.28. The number of aromatic hydroxyl groups is 1. The van der Waals surface area contributed by atoms with Crippen molar-refractivity contribution in [1.29, 1.82) is 0 Å². The summed E-state index contributed by atoms with van der Waals surface area (Å²) in [4.78, 5) is 11.5. The van der Waals surface area contributed by atoms with Gasteiger partial charge < -0.3 is 15.7 Å². The third kappa shape index (κ3) is 5.19. The molecule has 0 radical (unpaired) electrons. The highest BCUT2D eigenvalue weighted by Gasteiger charge is 2.07. The summed E-state index contributed by atoms with van der Waals surface area (Å²) in [6, 6.07) is 7.06. The topological polar surface area (TPSA) is 61.4 Å². The Morgan fingerprint density at radius 2 is 1.83 bits per heavy atom. The van der Waals surface area contributed by atoms with E-state index in [1.54, 1.807) is 12.1 Å². The molecule has 0 aliphatic carbocycles. The van der Waals surface area contributed by atoms with Gasteiger partial charge in [-0.15, -0.1) is 0 Å². The number of nitrogens with one attached hydrogen (secondary N) is 2. The fraction of sp³-hybridized carbons (Fsp3) is 0.500. The van der Waals surface area contributed by atoms with E-state index in [4.69, 9.17) is 0 Å². The van der Waals surface area contributed by atoms with Crippen LogP contribution in [0.4, 0.5) is 0 Å². The molecule has 1 unspecified atom stereocenters. The minimum Gasteiger partial charge on any atom is -0.508 e. The molecule has 4 nitrogen and oxygen atoms in total. The number of phenols is 1. The Hall–Kier alpha value is -1.55. The predicted octanol–water partition coefficient (Wildman–Crippen LogP) is 1.81. The SMILES string of the molecule is CC(C)CNC(=O)CNC(C)c1ccc(O)cc1. The maximum absolute atomic E-state index is 11.5. The normalized spacial score (nSPS) is 12.4. The second-order valence-electron chi connectivity index (χ2n) is 4.89. The Kier molecular flexibility index (Phi) is 5.65. The van der Waals surface area contributed by atoms with Gasteiger partial charge in [-0.05, 0) is 30.5 Å². The third-order valence-electron chi connectivity index (χ3n) is 2.67. The van der Waals surface area contributed by atoms with E-state index in [0.29, 0.717) is 19.0 Å². The van der Waals surface area contributed by atoms with Crippen LogP contribution in [-0.4, -0.2) is 24.1 Å². The number of carbonyl (C=O) groups is 1. The highest BCUT2D eigenvalue weighted by Crippen LogP contribution is 2.15. The number of carbonyl (C=O) groups excluding carboxylic acids is 1. The zero-order chi connectivity index (χ0) is 13.5. The molecule has 1 rings (SSSR count). The number of hydrogen-bond acceptors (Lipinski definition) is 3. The van der Waals surface area contributed by atoms with E-state index >= 15 is 0 Å². The van der Waals surface area contributed by atoms with E-state index in [9.17, 15) is 9.90 Å². The minimum atomic E-state index is 0.00864. The number of phenolic OH excluding ortho intramolecular Hbond substituents is 1. The molecule has 100 valence electrons. The third-order valence-corrected chi connectivity index (χ3v) is 2.67. The van der Waals surface area contributed by atoms with Crippen molar-refractivity contribution < 1.29 is 9.90 Å². The lowest BCUT2D eigenvalue weighted by atomic mass is 10.1. The quantitative estimate of drug-likeness (QED) is 0.721. The first kappa shape index (κ1) is 14.5. The summed E-state index contributed by atoms with van der Waals surface area (Å²) in [6.45, 7) is 7.12. The molecular weight excluding hydrogens is 228 g/mol. The molecule has 0 aliphatic rings. The largest absolute Gasteiger partial charge is 0.508 e. The van der Waals surface area contributed by atoms with Gasteiger partial charge in [0.25, 0.3) is 0 Å². The first-order valence-electron chi connectivity index (χ1n) is 6.28. The van der Waals surface area contributed by atoms with Crippen molar-refractivity contribution in [2.24, 2.45) is 5.92 Å². The Labute approximate surface area is 108 Å². The standard InChI is InChI=1S/C14H22N2O2/c1-10(2)8-16-14(18)9-15-11(3)12-4-6-13(17)7-5-12/h4-7,10-11,15,17H,8-9H2,1-3H3,(H,16,18). The van der Waals surface area contributed by atoms with Crippen molar-refractivity contribution in [2.75, 3.05) is 13.1 Å². The molecule has 0 saturated carbocycles. The van der Waals surface area contributed by atoms with Gasteiger partial charge in [0.05, 0.1) is 6.54 Å². The molecule has 3 N–H and O–H groups in total. The van der Waals surface area contributed by atoms with Crippen LogP contribution in [0, 0.1) is 5.92 Å². The average molecular weight is 250 g/mol. The van der Waals surface area contributed by atoms with E-state index in [2.05, 4.69) is 24.5 Å². The summed E-state index contributed by atoms with van der Waals surface area (Å²) in [5.41, 5.74) is 1.05. The van der Waals surface area contributed by atoms with Crippen LogP contribution < -0.4 is 10.6 Å². The van der Waals surface area contributed by atoms with E-state index in [0.717, 1.165) is 5.56 Å². The molecule has 1 aromatic carbocycles. The fourth-order valence-corrected chi connectivity index (χ4v) is 1.51. The summed E-state index contributed by atoms with van der Waals surface area (Å²) in [5, 5.41) is 15.2. The molecule has 0 fully saturated rings. The molecule has 18 heavy (non-hydrogen) atoms. The summed E-state index contributed by atoms with van der Waals surface area (Å²) in [6.07, 6.45) is 0. The van der Waals surface area contributed by atoms with Crippen molar-refractivity contribution in [3.63, 3.8) is 0 Å². The summed E-state index contributed by atoms with van der Waals surface area (Å²) in [7, 11) is 0. The number of amides is 1. The number of rotatable bonds is 6. The zero-order valence-electron chi connectivity index (χ0n) is 11.2. The molecule has 0 aromatic heterocycles. The molecule has 0 spiro atoms. The van der Waals surface area contributed by atoms with Crippen LogP contribution in [0.15, 0.2) is 24.3 Å². The number of benzene rings is 1. The Morgan fingerprint density at radius 3 is 2.39 bits per heavy atom. The lowest BCUT2D eigenvalue weighted by Gasteiger charge is -2.14. The maximum atomic E-state index is 11.5. The highest BCUT2D eigenvalue weighted by molar-refractivity contribution is 5.78. The van der Waals surface area contributed by atoms with E-state index in [1.165, 1.54) is 0 Å². The fourth-order valence-electron chi connectivity index (χ4n) is 1.51. The van der Waals surface area contributed by atoms with Gasteiger partial charge in [-0.1, -0.05) is 26.0 Å². The molecule has 1 atom stereocenters. The van der Waals surface area contributed by atoms with Gasteiger partial charge in [0.15, 0.2) is 0 Å². The van der Waals surface area contributed by atoms with Gasteiger partial charge in [0.2, 0.25) is 5.91 Å². The molecule has 0 bridgehead atoms. The van der Waals surface area contributed by atoms with Crippen LogP contribution in [0.25, 0.3) is 0 Å². The van der Waals surface area contributed by atoms with Crippen LogP contribution in [0.2, 0.25) is 0 Å². The summed E-state index contributed by atoms with van der Waals surface area (Å²) >= 11 is 0. The minimum absolute atomic E-state index is 0.00864. The monoisotopic (exact) mass is 250 g/mol. The van der Waals surface area contributed by atoms with E-state index < -0.39 is 0 Å². The lowest BCUT2D eigenvalue weighted by Crippen LogP contribution is -2.36. The van der Waals surface area contributed by atoms with Gasteiger partial charge in [0.1, 0.15) is 5.75 Å². The van der Waals surface area contributed by atoms with Crippen LogP contribution in [0.5, 0.6) is 5.75 Å². The predicted molar refractivity (Wildman–Crippen MR) is 72.4 cm³/mol. The van der Waals surface area contributed by atoms with Crippen molar-refractivity contribution in [2.45, 2.75) is 26.8 Å².